The third kappa shape index (κ3) is 3.00. The maximum Gasteiger partial charge on any atom is 0.255 e. The molecule has 0 unspecified atom stereocenters. The fourth-order valence-electron chi connectivity index (χ4n) is 2.17. The summed E-state index contributed by atoms with van der Waals surface area (Å²) in [5.74, 6) is -0.112. The third-order valence-electron chi connectivity index (χ3n) is 3.21. The van der Waals surface area contributed by atoms with E-state index < -0.39 is 0 Å². The number of para-hydroxylation sites is 1. The van der Waals surface area contributed by atoms with Crippen LogP contribution in [0, 0.1) is 6.07 Å². The molecule has 0 spiro atoms. The monoisotopic (exact) mass is 272 g/mol. The van der Waals surface area contributed by atoms with E-state index in [0.717, 1.165) is 16.8 Å². The molecule has 0 saturated heterocycles. The second-order valence-electron chi connectivity index (χ2n) is 4.64. The van der Waals surface area contributed by atoms with Gasteiger partial charge in [-0.25, -0.2) is 0 Å². The molecule has 3 aromatic carbocycles. The van der Waals surface area contributed by atoms with Gasteiger partial charge >= 0.3 is 0 Å². The number of anilines is 1. The van der Waals surface area contributed by atoms with E-state index in [0.29, 0.717) is 5.56 Å². The quantitative estimate of drug-likeness (QED) is 0.752. The van der Waals surface area contributed by atoms with E-state index in [1.165, 1.54) is 0 Å². The Balaban J connectivity index is 1.92. The fourth-order valence-corrected chi connectivity index (χ4v) is 2.17. The third-order valence-corrected chi connectivity index (χ3v) is 3.21. The highest BCUT2D eigenvalue weighted by Crippen LogP contribution is 2.27. The van der Waals surface area contributed by atoms with Crippen LogP contribution in [0.15, 0.2) is 78.9 Å². The highest BCUT2D eigenvalue weighted by atomic mass is 16.1. The lowest BCUT2D eigenvalue weighted by Gasteiger charge is -2.11. The molecule has 1 amide bonds. The van der Waals surface area contributed by atoms with Crippen molar-refractivity contribution in [2.45, 2.75) is 0 Å². The zero-order valence-electron chi connectivity index (χ0n) is 11.4. The molecule has 3 rings (SSSR count). The molecule has 0 aliphatic rings. The number of rotatable bonds is 3. The van der Waals surface area contributed by atoms with Crippen LogP contribution in [0.2, 0.25) is 0 Å². The summed E-state index contributed by atoms with van der Waals surface area (Å²) in [5, 5.41) is 2.97. The molecule has 101 valence electrons. The normalized spacial score (nSPS) is 10.1. The molecule has 1 radical (unpaired) electrons. The highest BCUT2D eigenvalue weighted by Gasteiger charge is 2.09. The van der Waals surface area contributed by atoms with Crippen molar-refractivity contribution in [3.8, 4) is 11.1 Å². The Kier molecular flexibility index (Phi) is 3.79. The lowest BCUT2D eigenvalue weighted by molar-refractivity contribution is 0.102. The van der Waals surface area contributed by atoms with Crippen LogP contribution < -0.4 is 5.32 Å². The lowest BCUT2D eigenvalue weighted by atomic mass is 10.0. The highest BCUT2D eigenvalue weighted by molar-refractivity contribution is 6.06. The molecule has 0 aromatic heterocycles. The van der Waals surface area contributed by atoms with Gasteiger partial charge in [0.05, 0.1) is 0 Å². The maximum atomic E-state index is 12.3. The first-order valence-corrected chi connectivity index (χ1v) is 6.77. The molecule has 0 saturated carbocycles. The first kappa shape index (κ1) is 13.1. The van der Waals surface area contributed by atoms with Gasteiger partial charge in [-0.2, -0.15) is 0 Å². The second kappa shape index (κ2) is 6.06. The van der Waals surface area contributed by atoms with Gasteiger partial charge in [0.2, 0.25) is 0 Å². The van der Waals surface area contributed by atoms with E-state index in [-0.39, 0.29) is 5.91 Å². The van der Waals surface area contributed by atoms with Crippen LogP contribution in [-0.2, 0) is 0 Å². The van der Waals surface area contributed by atoms with Crippen molar-refractivity contribution < 1.29 is 4.79 Å². The van der Waals surface area contributed by atoms with Gasteiger partial charge in [0.25, 0.3) is 5.91 Å². The molecule has 0 heterocycles. The topological polar surface area (TPSA) is 29.1 Å². The summed E-state index contributed by atoms with van der Waals surface area (Å²) in [4.78, 5) is 12.3. The van der Waals surface area contributed by atoms with Gasteiger partial charge in [0.15, 0.2) is 0 Å². The van der Waals surface area contributed by atoms with E-state index >= 15 is 0 Å². The molecular weight excluding hydrogens is 258 g/mol. The Hall–Kier alpha value is -2.87. The number of carbonyl (C=O) groups excluding carboxylic acids is 1. The number of amides is 1. The van der Waals surface area contributed by atoms with Crippen molar-refractivity contribution in [1.29, 1.82) is 0 Å². The van der Waals surface area contributed by atoms with Crippen LogP contribution in [0.25, 0.3) is 11.1 Å². The average Bonchev–Trinajstić information content (AvgIpc) is 2.57. The molecule has 1 N–H and O–H groups in total. The van der Waals surface area contributed by atoms with Gasteiger partial charge in [-0.05, 0) is 29.8 Å². The van der Waals surface area contributed by atoms with Gasteiger partial charge in [0.1, 0.15) is 0 Å². The van der Waals surface area contributed by atoms with Gasteiger partial charge < -0.3 is 5.32 Å². The predicted octanol–water partition coefficient (Wildman–Crippen LogP) is 4.41. The van der Waals surface area contributed by atoms with Crippen LogP contribution in [0.5, 0.6) is 0 Å². The van der Waals surface area contributed by atoms with Crippen molar-refractivity contribution in [1.82, 2.24) is 0 Å². The lowest BCUT2D eigenvalue weighted by Crippen LogP contribution is -2.12. The Morgan fingerprint density at radius 3 is 2.29 bits per heavy atom. The van der Waals surface area contributed by atoms with E-state index in [2.05, 4.69) is 11.4 Å². The zero-order valence-corrected chi connectivity index (χ0v) is 11.4. The van der Waals surface area contributed by atoms with Gasteiger partial charge in [-0.15, -0.1) is 0 Å². The first-order chi connectivity index (χ1) is 10.3. The molecule has 0 aliphatic carbocycles. The number of hydrogen-bond acceptors (Lipinski definition) is 1. The standard InChI is InChI=1S/C19H14NO/c21-19(16-11-5-2-6-12-16)20-18-14-8-7-13-17(18)15-9-3-1-4-10-15/h1-9,11-14H,(H,20,21). The maximum absolute atomic E-state index is 12.3. The minimum absolute atomic E-state index is 0.112. The molecule has 2 nitrogen and oxygen atoms in total. The summed E-state index contributed by atoms with van der Waals surface area (Å²) in [6.07, 6.45) is 0. The van der Waals surface area contributed by atoms with E-state index in [4.69, 9.17) is 0 Å². The smallest absolute Gasteiger partial charge is 0.255 e. The number of carbonyl (C=O) groups is 1. The van der Waals surface area contributed by atoms with Crippen molar-refractivity contribution in [2.24, 2.45) is 0 Å². The minimum atomic E-state index is -0.112. The van der Waals surface area contributed by atoms with Crippen LogP contribution in [0.1, 0.15) is 10.4 Å². The fraction of sp³-hybridized carbons (Fsp3) is 0. The van der Waals surface area contributed by atoms with E-state index in [1.807, 2.05) is 66.7 Å². The molecule has 2 heteroatoms. The summed E-state index contributed by atoms with van der Waals surface area (Å²) in [6, 6.07) is 27.9. The number of hydrogen-bond donors (Lipinski definition) is 1. The molecule has 0 atom stereocenters. The summed E-state index contributed by atoms with van der Waals surface area (Å²) < 4.78 is 0. The second-order valence-corrected chi connectivity index (χ2v) is 4.64. The number of benzene rings is 3. The minimum Gasteiger partial charge on any atom is -0.321 e. The summed E-state index contributed by atoms with van der Waals surface area (Å²) in [5.41, 5.74) is 3.35. The van der Waals surface area contributed by atoms with Crippen LogP contribution in [0.3, 0.4) is 0 Å². The van der Waals surface area contributed by atoms with Crippen LogP contribution in [-0.4, -0.2) is 5.91 Å². The van der Waals surface area contributed by atoms with Crippen molar-refractivity contribution in [2.75, 3.05) is 5.32 Å². The SMILES string of the molecule is O=C(Nc1ccccc1-c1[c]cccc1)c1ccccc1. The molecule has 0 bridgehead atoms. The summed E-state index contributed by atoms with van der Waals surface area (Å²) in [6.45, 7) is 0. The van der Waals surface area contributed by atoms with Crippen molar-refractivity contribution >= 4 is 11.6 Å². The Morgan fingerprint density at radius 1 is 0.810 bits per heavy atom. The molecular formula is C19H14NO. The average molecular weight is 272 g/mol. The largest absolute Gasteiger partial charge is 0.321 e. The van der Waals surface area contributed by atoms with Gasteiger partial charge in [-0.3, -0.25) is 4.79 Å². The first-order valence-electron chi connectivity index (χ1n) is 6.77. The molecule has 21 heavy (non-hydrogen) atoms. The Morgan fingerprint density at radius 2 is 1.52 bits per heavy atom. The zero-order chi connectivity index (χ0) is 14.5. The van der Waals surface area contributed by atoms with Crippen LogP contribution >= 0.6 is 0 Å². The molecule has 0 aliphatic heterocycles. The van der Waals surface area contributed by atoms with Gasteiger partial charge in [0, 0.05) is 16.8 Å². The van der Waals surface area contributed by atoms with E-state index in [9.17, 15) is 4.79 Å². The Labute approximate surface area is 124 Å². The van der Waals surface area contributed by atoms with E-state index in [1.54, 1.807) is 12.1 Å². The van der Waals surface area contributed by atoms with Crippen molar-refractivity contribution in [3.05, 3.63) is 90.5 Å². The number of nitrogens with one attached hydrogen (secondary N) is 1. The molecule has 0 fully saturated rings. The predicted molar refractivity (Wildman–Crippen MR) is 85.1 cm³/mol. The summed E-state index contributed by atoms with van der Waals surface area (Å²) in [7, 11) is 0. The Bertz CT molecular complexity index is 736. The van der Waals surface area contributed by atoms with Crippen LogP contribution in [0.4, 0.5) is 5.69 Å². The van der Waals surface area contributed by atoms with Crippen molar-refractivity contribution in [3.63, 3.8) is 0 Å². The summed E-state index contributed by atoms with van der Waals surface area (Å²) >= 11 is 0. The van der Waals surface area contributed by atoms with Gasteiger partial charge in [-0.1, -0.05) is 60.7 Å². The molecule has 3 aromatic rings.